The molecular formula is C32H38F3N7O4S. The molecule has 1 aromatic carbocycles. The summed E-state index contributed by atoms with van der Waals surface area (Å²) in [7, 11) is 0. The highest BCUT2D eigenvalue weighted by Gasteiger charge is 2.36. The maximum atomic E-state index is 14.4. The lowest BCUT2D eigenvalue weighted by Gasteiger charge is -2.31. The fraction of sp³-hybridized carbons (Fsp3) is 0.531. The van der Waals surface area contributed by atoms with Crippen molar-refractivity contribution in [2.45, 2.75) is 57.8 Å². The number of nitrogens with one attached hydrogen (secondary N) is 1. The molecule has 3 saturated heterocycles. The number of thiazole rings is 1. The number of hydrogen-bond acceptors (Lipinski definition) is 10. The molecule has 2 aromatic heterocycles. The largest absolute Gasteiger partial charge is 0.481 e. The van der Waals surface area contributed by atoms with Crippen LogP contribution in [0.1, 0.15) is 60.0 Å². The second-order valence-electron chi connectivity index (χ2n) is 12.1. The second-order valence-corrected chi connectivity index (χ2v) is 13.2. The first-order chi connectivity index (χ1) is 22.6. The van der Waals surface area contributed by atoms with E-state index in [1.165, 1.54) is 35.9 Å². The van der Waals surface area contributed by atoms with Gasteiger partial charge in [-0.05, 0) is 50.8 Å². The molecule has 5 heterocycles. The molecular weight excluding hydrogens is 635 g/mol. The Morgan fingerprint density at radius 1 is 1.04 bits per heavy atom. The van der Waals surface area contributed by atoms with Crippen molar-refractivity contribution in [3.8, 4) is 11.3 Å². The first-order valence-corrected chi connectivity index (χ1v) is 16.8. The number of aliphatic carboxylic acids is 1. The Labute approximate surface area is 274 Å². The number of aromatic nitrogens is 3. The van der Waals surface area contributed by atoms with Crippen LogP contribution in [0.3, 0.4) is 0 Å². The average molecular weight is 674 g/mol. The lowest BCUT2D eigenvalue weighted by Crippen LogP contribution is -2.37. The summed E-state index contributed by atoms with van der Waals surface area (Å²) >= 11 is 1.25. The summed E-state index contributed by atoms with van der Waals surface area (Å²) in [4.78, 5) is 44.6. The average Bonchev–Trinajstić information content (AvgIpc) is 3.71. The van der Waals surface area contributed by atoms with Crippen molar-refractivity contribution in [2.24, 2.45) is 5.92 Å². The predicted molar refractivity (Wildman–Crippen MR) is 172 cm³/mol. The van der Waals surface area contributed by atoms with Crippen LogP contribution in [-0.2, 0) is 22.3 Å². The number of morpholine rings is 1. The Kier molecular flexibility index (Phi) is 9.94. The first kappa shape index (κ1) is 33.1. The third kappa shape index (κ3) is 7.52. The van der Waals surface area contributed by atoms with Crippen molar-refractivity contribution in [1.82, 2.24) is 19.9 Å². The summed E-state index contributed by atoms with van der Waals surface area (Å²) in [6.45, 7) is 6.08. The smallest absolute Gasteiger partial charge is 0.418 e. The molecule has 0 saturated carbocycles. The molecule has 0 spiro atoms. The monoisotopic (exact) mass is 673 g/mol. The molecule has 3 aromatic rings. The quantitative estimate of drug-likeness (QED) is 0.306. The Morgan fingerprint density at radius 2 is 1.81 bits per heavy atom. The molecule has 0 bridgehead atoms. The van der Waals surface area contributed by atoms with Crippen LogP contribution in [0, 0.1) is 5.92 Å². The SMILES string of the molecule is CC[C@@H]1CCCN1Cc1sc(NC(=O)c2cnc(N3CCC(C(=O)O)CC3)cn2)nc1-c1ccc(N2CCOCC2)c(C(F)(F)F)c1. The van der Waals surface area contributed by atoms with E-state index in [9.17, 15) is 27.9 Å². The maximum absolute atomic E-state index is 14.4. The highest BCUT2D eigenvalue weighted by molar-refractivity contribution is 7.16. The van der Waals surface area contributed by atoms with Crippen LogP contribution >= 0.6 is 11.3 Å². The van der Waals surface area contributed by atoms with Gasteiger partial charge >= 0.3 is 12.1 Å². The zero-order valence-electron chi connectivity index (χ0n) is 26.1. The van der Waals surface area contributed by atoms with Crippen LogP contribution < -0.4 is 15.1 Å². The minimum atomic E-state index is -4.57. The standard InChI is InChI=1S/C32H38F3N7O4S/c1-2-22-4-3-9-42(22)19-26-28(21-5-6-25(23(16-21)32(33,34)35)40-12-14-46-15-13-40)38-31(47-26)39-29(43)24-17-37-27(18-36-24)41-10-7-20(8-11-41)30(44)45/h5-6,16-18,20,22H,2-4,7-15,19H2,1H3,(H,44,45)(H,38,39,43)/t22-/m1/s1. The molecule has 252 valence electrons. The molecule has 1 atom stereocenters. The van der Waals surface area contributed by atoms with E-state index in [4.69, 9.17) is 4.74 Å². The summed E-state index contributed by atoms with van der Waals surface area (Å²) in [6.07, 6.45) is 2.37. The van der Waals surface area contributed by atoms with E-state index in [0.717, 1.165) is 30.7 Å². The number of carboxylic acid groups (broad SMARTS) is 1. The van der Waals surface area contributed by atoms with Crippen molar-refractivity contribution >= 4 is 39.9 Å². The minimum Gasteiger partial charge on any atom is -0.481 e. The lowest BCUT2D eigenvalue weighted by molar-refractivity contribution is -0.142. The molecule has 0 aliphatic carbocycles. The number of amides is 1. The van der Waals surface area contributed by atoms with Gasteiger partial charge in [0.2, 0.25) is 0 Å². The third-order valence-electron chi connectivity index (χ3n) is 9.20. The number of halogens is 3. The summed E-state index contributed by atoms with van der Waals surface area (Å²) in [6, 6.07) is 4.73. The number of piperidine rings is 1. The summed E-state index contributed by atoms with van der Waals surface area (Å²) in [5.74, 6) is -1.15. The number of anilines is 3. The van der Waals surface area contributed by atoms with Gasteiger partial charge < -0.3 is 19.6 Å². The van der Waals surface area contributed by atoms with Crippen LogP contribution in [0.4, 0.5) is 29.8 Å². The first-order valence-electron chi connectivity index (χ1n) is 16.0. The van der Waals surface area contributed by atoms with Crippen LogP contribution in [0.25, 0.3) is 11.3 Å². The van der Waals surface area contributed by atoms with Gasteiger partial charge in [-0.25, -0.2) is 15.0 Å². The van der Waals surface area contributed by atoms with Gasteiger partial charge in [0.1, 0.15) is 11.5 Å². The van der Waals surface area contributed by atoms with Crippen molar-refractivity contribution in [1.29, 1.82) is 0 Å². The summed E-state index contributed by atoms with van der Waals surface area (Å²) < 4.78 is 48.6. The normalized spacial score (nSPS) is 19.7. The van der Waals surface area contributed by atoms with Gasteiger partial charge in [0, 0.05) is 54.9 Å². The number of nitrogens with zero attached hydrogens (tertiary/aromatic N) is 6. The fourth-order valence-corrected chi connectivity index (χ4v) is 7.60. The van der Waals surface area contributed by atoms with E-state index in [0.29, 0.717) is 81.9 Å². The van der Waals surface area contributed by atoms with Gasteiger partial charge in [-0.15, -0.1) is 0 Å². The molecule has 0 unspecified atom stereocenters. The zero-order valence-corrected chi connectivity index (χ0v) is 26.9. The van der Waals surface area contributed by atoms with Gasteiger partial charge in [-0.3, -0.25) is 19.8 Å². The van der Waals surface area contributed by atoms with Gasteiger partial charge in [0.05, 0.1) is 42.8 Å². The van der Waals surface area contributed by atoms with Gasteiger partial charge in [0.15, 0.2) is 5.13 Å². The van der Waals surface area contributed by atoms with Crippen LogP contribution in [0.15, 0.2) is 30.6 Å². The lowest BCUT2D eigenvalue weighted by atomic mass is 9.97. The summed E-state index contributed by atoms with van der Waals surface area (Å²) in [5.41, 5.74) is 0.207. The van der Waals surface area contributed by atoms with Gasteiger partial charge in [-0.2, -0.15) is 13.2 Å². The highest BCUT2D eigenvalue weighted by atomic mass is 32.1. The van der Waals surface area contributed by atoms with E-state index in [-0.39, 0.29) is 22.4 Å². The molecule has 3 aliphatic heterocycles. The highest BCUT2D eigenvalue weighted by Crippen LogP contribution is 2.41. The number of rotatable bonds is 9. The number of carbonyl (C=O) groups is 2. The van der Waals surface area contributed by atoms with Crippen LogP contribution in [0.5, 0.6) is 0 Å². The topological polar surface area (TPSA) is 124 Å². The molecule has 3 aliphatic rings. The number of carbonyl (C=O) groups excluding carboxylic acids is 1. The molecule has 11 nitrogen and oxygen atoms in total. The van der Waals surface area contributed by atoms with E-state index in [1.807, 2.05) is 4.90 Å². The molecule has 0 radical (unpaired) electrons. The third-order valence-corrected chi connectivity index (χ3v) is 10.2. The number of carboxylic acids is 1. The van der Waals surface area contributed by atoms with Crippen molar-refractivity contribution in [3.63, 3.8) is 0 Å². The number of benzene rings is 1. The van der Waals surface area contributed by atoms with E-state index in [2.05, 4.69) is 32.1 Å². The Morgan fingerprint density at radius 3 is 2.47 bits per heavy atom. The van der Waals surface area contributed by atoms with E-state index < -0.39 is 23.6 Å². The van der Waals surface area contributed by atoms with Gasteiger partial charge in [-0.1, -0.05) is 24.3 Å². The van der Waals surface area contributed by atoms with Crippen molar-refractivity contribution in [3.05, 3.63) is 46.7 Å². The molecule has 2 N–H and O–H groups in total. The van der Waals surface area contributed by atoms with E-state index >= 15 is 0 Å². The summed E-state index contributed by atoms with van der Waals surface area (Å²) in [5, 5.41) is 12.3. The van der Waals surface area contributed by atoms with Gasteiger partial charge in [0.25, 0.3) is 5.91 Å². The number of hydrogen-bond donors (Lipinski definition) is 2. The number of ether oxygens (including phenoxy) is 1. The maximum Gasteiger partial charge on any atom is 0.418 e. The number of alkyl halides is 3. The molecule has 3 fully saturated rings. The number of likely N-dealkylation sites (tertiary alicyclic amines) is 1. The van der Waals surface area contributed by atoms with Crippen LogP contribution in [0.2, 0.25) is 0 Å². The predicted octanol–water partition coefficient (Wildman–Crippen LogP) is 5.38. The zero-order chi connectivity index (χ0) is 33.1. The molecule has 6 rings (SSSR count). The fourth-order valence-electron chi connectivity index (χ4n) is 6.60. The molecule has 1 amide bonds. The molecule has 15 heteroatoms. The van der Waals surface area contributed by atoms with E-state index in [1.54, 1.807) is 11.0 Å². The Hall–Kier alpha value is -3.82. The Balaban J connectivity index is 1.25. The minimum absolute atomic E-state index is 0.0623. The van der Waals surface area contributed by atoms with Crippen LogP contribution in [-0.4, -0.2) is 88.8 Å². The van der Waals surface area contributed by atoms with Crippen molar-refractivity contribution < 1.29 is 32.6 Å². The second kappa shape index (κ2) is 14.1. The van der Waals surface area contributed by atoms with Crippen molar-refractivity contribution in [2.75, 3.05) is 61.1 Å². The molecule has 47 heavy (non-hydrogen) atoms. The Bertz CT molecular complexity index is 1570.